The lowest BCUT2D eigenvalue weighted by molar-refractivity contribution is 0.102. The van der Waals surface area contributed by atoms with Crippen molar-refractivity contribution >= 4 is 11.6 Å². The highest BCUT2D eigenvalue weighted by Crippen LogP contribution is 2.11. The van der Waals surface area contributed by atoms with Gasteiger partial charge in [0, 0.05) is 11.8 Å². The molecule has 0 aliphatic carbocycles. The monoisotopic (exact) mass is 243 g/mol. The third-order valence-corrected chi connectivity index (χ3v) is 2.50. The lowest BCUT2D eigenvalue weighted by atomic mass is 10.1. The van der Waals surface area contributed by atoms with E-state index < -0.39 is 0 Å². The summed E-state index contributed by atoms with van der Waals surface area (Å²) in [7, 11) is 0. The van der Waals surface area contributed by atoms with Crippen molar-refractivity contribution in [3.05, 3.63) is 58.0 Å². The second kappa shape index (κ2) is 5.27. The second-order valence-electron chi connectivity index (χ2n) is 3.81. The zero-order valence-electron chi connectivity index (χ0n) is 9.93. The molecule has 0 radical (unpaired) electrons. The van der Waals surface area contributed by atoms with Gasteiger partial charge in [0.25, 0.3) is 11.5 Å². The molecule has 2 aromatic rings. The van der Waals surface area contributed by atoms with E-state index >= 15 is 0 Å². The first-order chi connectivity index (χ1) is 8.69. The minimum atomic E-state index is -0.348. The highest BCUT2D eigenvalue weighted by atomic mass is 16.2. The van der Waals surface area contributed by atoms with Gasteiger partial charge in [0.15, 0.2) is 0 Å². The van der Waals surface area contributed by atoms with Gasteiger partial charge in [-0.2, -0.15) is 5.10 Å². The Kier molecular flexibility index (Phi) is 3.52. The van der Waals surface area contributed by atoms with Crippen LogP contribution < -0.4 is 10.9 Å². The number of nitrogens with zero attached hydrogens (tertiary/aromatic N) is 1. The van der Waals surface area contributed by atoms with Gasteiger partial charge in [-0.1, -0.05) is 19.1 Å². The van der Waals surface area contributed by atoms with Crippen LogP contribution in [0, 0.1) is 0 Å². The molecule has 1 amide bonds. The first-order valence-corrected chi connectivity index (χ1v) is 5.65. The molecule has 0 saturated carbocycles. The Bertz CT molecular complexity index is 599. The summed E-state index contributed by atoms with van der Waals surface area (Å²) >= 11 is 0. The smallest absolute Gasteiger partial charge is 0.276 e. The first-order valence-electron chi connectivity index (χ1n) is 5.65. The van der Waals surface area contributed by atoms with Gasteiger partial charge < -0.3 is 5.32 Å². The molecule has 0 atom stereocenters. The number of hydrogen-bond acceptors (Lipinski definition) is 3. The van der Waals surface area contributed by atoms with E-state index in [1.165, 1.54) is 12.1 Å². The van der Waals surface area contributed by atoms with Crippen molar-refractivity contribution in [3.63, 3.8) is 0 Å². The maximum absolute atomic E-state index is 11.8. The molecule has 2 N–H and O–H groups in total. The summed E-state index contributed by atoms with van der Waals surface area (Å²) in [4.78, 5) is 22.7. The van der Waals surface area contributed by atoms with Crippen LogP contribution in [-0.2, 0) is 6.42 Å². The Morgan fingerprint density at radius 2 is 2.17 bits per heavy atom. The van der Waals surface area contributed by atoms with Crippen LogP contribution >= 0.6 is 0 Å². The third-order valence-electron chi connectivity index (χ3n) is 2.50. The zero-order valence-corrected chi connectivity index (χ0v) is 9.93. The van der Waals surface area contributed by atoms with E-state index in [1.54, 1.807) is 0 Å². The fourth-order valence-corrected chi connectivity index (χ4v) is 1.54. The van der Waals surface area contributed by atoms with Crippen LogP contribution in [0.3, 0.4) is 0 Å². The molecule has 1 aromatic heterocycles. The molecule has 0 spiro atoms. The van der Waals surface area contributed by atoms with E-state index in [9.17, 15) is 9.59 Å². The van der Waals surface area contributed by atoms with Crippen molar-refractivity contribution in [1.29, 1.82) is 0 Å². The maximum Gasteiger partial charge on any atom is 0.276 e. The fraction of sp³-hybridized carbons (Fsp3) is 0.154. The molecule has 0 fully saturated rings. The normalized spacial score (nSPS) is 10.1. The highest BCUT2D eigenvalue weighted by Gasteiger charge is 2.07. The van der Waals surface area contributed by atoms with Crippen molar-refractivity contribution in [2.45, 2.75) is 13.3 Å². The number of amides is 1. The maximum atomic E-state index is 11.8. The molecule has 0 unspecified atom stereocenters. The average molecular weight is 243 g/mol. The van der Waals surface area contributed by atoms with E-state index in [1.807, 2.05) is 31.2 Å². The highest BCUT2D eigenvalue weighted by molar-refractivity contribution is 6.02. The van der Waals surface area contributed by atoms with Gasteiger partial charge in [-0.05, 0) is 30.2 Å². The molecule has 2 rings (SSSR count). The molecule has 0 saturated heterocycles. The molecule has 0 bridgehead atoms. The van der Waals surface area contributed by atoms with Crippen LogP contribution in [0.5, 0.6) is 0 Å². The van der Waals surface area contributed by atoms with Crippen molar-refractivity contribution in [1.82, 2.24) is 10.2 Å². The largest absolute Gasteiger partial charge is 0.321 e. The first kappa shape index (κ1) is 12.0. The number of rotatable bonds is 3. The second-order valence-corrected chi connectivity index (χ2v) is 3.81. The van der Waals surface area contributed by atoms with Crippen LogP contribution in [0.25, 0.3) is 0 Å². The van der Waals surface area contributed by atoms with Crippen molar-refractivity contribution < 1.29 is 4.79 Å². The number of H-pyrrole nitrogens is 1. The van der Waals surface area contributed by atoms with Crippen LogP contribution in [0.4, 0.5) is 5.69 Å². The number of benzene rings is 1. The Balaban J connectivity index is 2.15. The van der Waals surface area contributed by atoms with Gasteiger partial charge in [-0.3, -0.25) is 9.59 Å². The zero-order chi connectivity index (χ0) is 13.0. The van der Waals surface area contributed by atoms with Crippen molar-refractivity contribution in [2.24, 2.45) is 0 Å². The number of aromatic nitrogens is 2. The number of carbonyl (C=O) groups excluding carboxylic acids is 1. The van der Waals surface area contributed by atoms with E-state index in [4.69, 9.17) is 0 Å². The number of nitrogens with one attached hydrogen (secondary N) is 2. The molecule has 92 valence electrons. The van der Waals surface area contributed by atoms with E-state index in [0.29, 0.717) is 5.69 Å². The molecule has 18 heavy (non-hydrogen) atoms. The van der Waals surface area contributed by atoms with Gasteiger partial charge >= 0.3 is 0 Å². The molecular formula is C13H13N3O2. The number of anilines is 1. The molecule has 5 nitrogen and oxygen atoms in total. The minimum Gasteiger partial charge on any atom is -0.321 e. The third kappa shape index (κ3) is 2.82. The van der Waals surface area contributed by atoms with Gasteiger partial charge in [0.1, 0.15) is 5.69 Å². The van der Waals surface area contributed by atoms with Gasteiger partial charge in [-0.15, -0.1) is 0 Å². The molecule has 0 aliphatic heterocycles. The van der Waals surface area contributed by atoms with Crippen LogP contribution in [-0.4, -0.2) is 16.1 Å². The number of hydrogen-bond donors (Lipinski definition) is 2. The van der Waals surface area contributed by atoms with E-state index in [2.05, 4.69) is 15.5 Å². The quantitative estimate of drug-likeness (QED) is 0.859. The van der Waals surface area contributed by atoms with Crippen molar-refractivity contribution in [2.75, 3.05) is 5.32 Å². The summed E-state index contributed by atoms with van der Waals surface area (Å²) in [5.74, 6) is -0.348. The SMILES string of the molecule is CCc1cccc(NC(=O)c2ccc(=O)[nH]n2)c1. The average Bonchev–Trinajstić information content (AvgIpc) is 2.39. The lowest BCUT2D eigenvalue weighted by Crippen LogP contribution is -2.17. The summed E-state index contributed by atoms with van der Waals surface area (Å²) in [6, 6.07) is 10.2. The fourth-order valence-electron chi connectivity index (χ4n) is 1.54. The van der Waals surface area contributed by atoms with Gasteiger partial charge in [0.2, 0.25) is 0 Å². The van der Waals surface area contributed by atoms with Crippen LogP contribution in [0.2, 0.25) is 0 Å². The van der Waals surface area contributed by atoms with Gasteiger partial charge in [-0.25, -0.2) is 5.10 Å². The number of carbonyl (C=O) groups is 1. The summed E-state index contributed by atoms with van der Waals surface area (Å²) < 4.78 is 0. The molecule has 1 heterocycles. The standard InChI is InChI=1S/C13H13N3O2/c1-2-9-4-3-5-10(8-9)14-13(18)11-6-7-12(17)16-15-11/h3-8H,2H2,1H3,(H,14,18)(H,16,17). The molecule has 0 aliphatic rings. The molecule has 1 aromatic carbocycles. The molecule has 5 heteroatoms. The lowest BCUT2D eigenvalue weighted by Gasteiger charge is -2.05. The topological polar surface area (TPSA) is 74.8 Å². The van der Waals surface area contributed by atoms with Crippen LogP contribution in [0.15, 0.2) is 41.2 Å². The Morgan fingerprint density at radius 1 is 1.33 bits per heavy atom. The Labute approximate surface area is 104 Å². The van der Waals surface area contributed by atoms with E-state index in [-0.39, 0.29) is 17.2 Å². The minimum absolute atomic E-state index is 0.177. The summed E-state index contributed by atoms with van der Waals surface area (Å²) in [6.45, 7) is 2.05. The Hall–Kier alpha value is -2.43. The Morgan fingerprint density at radius 3 is 2.83 bits per heavy atom. The predicted molar refractivity (Wildman–Crippen MR) is 68.6 cm³/mol. The number of aromatic amines is 1. The van der Waals surface area contributed by atoms with E-state index in [0.717, 1.165) is 12.0 Å². The predicted octanol–water partition coefficient (Wildman–Crippen LogP) is 1.58. The van der Waals surface area contributed by atoms with Gasteiger partial charge in [0.05, 0.1) is 0 Å². The summed E-state index contributed by atoms with van der Waals surface area (Å²) in [6.07, 6.45) is 0.903. The number of aryl methyl sites for hydroxylation is 1. The van der Waals surface area contributed by atoms with Crippen LogP contribution in [0.1, 0.15) is 23.0 Å². The summed E-state index contributed by atoms with van der Waals surface area (Å²) in [5, 5.41) is 8.62. The molecular weight excluding hydrogens is 230 g/mol. The van der Waals surface area contributed by atoms with Crippen molar-refractivity contribution in [3.8, 4) is 0 Å². The summed E-state index contributed by atoms with van der Waals surface area (Å²) in [5.41, 5.74) is 1.70.